The van der Waals surface area contributed by atoms with Gasteiger partial charge in [0.25, 0.3) is 0 Å². The fourth-order valence-electron chi connectivity index (χ4n) is 1.76. The molecule has 2 rings (SSSR count). The summed E-state index contributed by atoms with van der Waals surface area (Å²) in [6.45, 7) is 0. The summed E-state index contributed by atoms with van der Waals surface area (Å²) in [5.41, 5.74) is 1.35. The Labute approximate surface area is 115 Å². The first-order chi connectivity index (χ1) is 9.31. The molecular weight excluding hydrogens is 256 g/mol. The fourth-order valence-corrected chi connectivity index (χ4v) is 2.48. The zero-order valence-corrected chi connectivity index (χ0v) is 11.1. The Morgan fingerprint density at radius 3 is 2.37 bits per heavy atom. The Morgan fingerprint density at radius 1 is 1.05 bits per heavy atom. The van der Waals surface area contributed by atoms with Crippen LogP contribution in [-0.4, -0.2) is 7.11 Å². The van der Waals surface area contributed by atoms with Crippen LogP contribution in [0.15, 0.2) is 41.8 Å². The van der Waals surface area contributed by atoms with Crippen LogP contribution >= 0.6 is 11.3 Å². The van der Waals surface area contributed by atoms with E-state index < -0.39 is 0 Å². The minimum absolute atomic E-state index is 0.336. The van der Waals surface area contributed by atoms with Gasteiger partial charge in [-0.15, -0.1) is 11.3 Å². The average molecular weight is 266 g/mol. The Morgan fingerprint density at radius 2 is 1.79 bits per heavy atom. The Balaban J connectivity index is 2.69. The molecule has 0 unspecified atom stereocenters. The molecule has 2 aromatic rings. The molecule has 1 aromatic heterocycles. The van der Waals surface area contributed by atoms with E-state index in [0.717, 1.165) is 4.88 Å². The molecule has 1 heterocycles. The molecular formula is C15H10N2OS. The largest absolute Gasteiger partial charge is 0.496 e. The standard InChI is InChI=1S/C15H10N2OS/c1-18-14-6-3-2-5-11(14)12(9-16)13(10-17)15-7-4-8-19-15/h2-8H,1H3/b13-12-. The van der Waals surface area contributed by atoms with E-state index in [1.807, 2.05) is 29.6 Å². The highest BCUT2D eigenvalue weighted by atomic mass is 32.1. The SMILES string of the molecule is COc1ccccc1/C(C#N)=C(/C#N)c1cccs1. The molecule has 0 fully saturated rings. The van der Waals surface area contributed by atoms with Crippen LogP contribution in [0.5, 0.6) is 5.75 Å². The van der Waals surface area contributed by atoms with Gasteiger partial charge in [-0.25, -0.2) is 0 Å². The van der Waals surface area contributed by atoms with E-state index in [4.69, 9.17) is 4.74 Å². The van der Waals surface area contributed by atoms with Crippen molar-refractivity contribution >= 4 is 22.5 Å². The molecule has 0 atom stereocenters. The maximum atomic E-state index is 9.39. The molecule has 19 heavy (non-hydrogen) atoms. The number of nitrogens with zero attached hydrogens (tertiary/aromatic N) is 2. The first-order valence-corrected chi connectivity index (χ1v) is 6.41. The van der Waals surface area contributed by atoms with Crippen molar-refractivity contribution in [2.24, 2.45) is 0 Å². The number of allylic oxidation sites excluding steroid dienone is 2. The third-order valence-electron chi connectivity index (χ3n) is 2.62. The van der Waals surface area contributed by atoms with Crippen LogP contribution in [0.1, 0.15) is 10.4 Å². The smallest absolute Gasteiger partial charge is 0.127 e. The lowest BCUT2D eigenvalue weighted by molar-refractivity contribution is 0.413. The lowest BCUT2D eigenvalue weighted by Crippen LogP contribution is -1.92. The Hall–Kier alpha value is -2.56. The molecule has 3 nitrogen and oxygen atoms in total. The molecule has 92 valence electrons. The monoisotopic (exact) mass is 266 g/mol. The summed E-state index contributed by atoms with van der Waals surface area (Å²) in [6.07, 6.45) is 0. The average Bonchev–Trinajstić information content (AvgIpc) is 2.98. The van der Waals surface area contributed by atoms with Gasteiger partial charge in [0.1, 0.15) is 17.9 Å². The van der Waals surface area contributed by atoms with Crippen molar-refractivity contribution in [1.82, 2.24) is 0 Å². The van der Waals surface area contributed by atoms with Gasteiger partial charge in [0.2, 0.25) is 0 Å². The molecule has 0 aliphatic heterocycles. The first kappa shape index (κ1) is 12.9. The quantitative estimate of drug-likeness (QED) is 0.796. The van der Waals surface area contributed by atoms with E-state index in [0.29, 0.717) is 22.5 Å². The van der Waals surface area contributed by atoms with E-state index >= 15 is 0 Å². The molecule has 0 aliphatic rings. The summed E-state index contributed by atoms with van der Waals surface area (Å²) in [4.78, 5) is 0.782. The summed E-state index contributed by atoms with van der Waals surface area (Å²) >= 11 is 1.44. The summed E-state index contributed by atoms with van der Waals surface area (Å²) < 4.78 is 5.25. The number of benzene rings is 1. The number of hydrogen-bond donors (Lipinski definition) is 0. The molecule has 0 spiro atoms. The molecule has 0 saturated carbocycles. The van der Waals surface area contributed by atoms with Crippen molar-refractivity contribution < 1.29 is 4.74 Å². The van der Waals surface area contributed by atoms with Gasteiger partial charge in [-0.2, -0.15) is 10.5 Å². The summed E-state index contributed by atoms with van der Waals surface area (Å²) in [7, 11) is 1.55. The summed E-state index contributed by atoms with van der Waals surface area (Å²) in [5, 5.41) is 20.6. The normalized spacial score (nSPS) is 11.1. The Kier molecular flexibility index (Phi) is 3.97. The molecule has 0 saturated heterocycles. The van der Waals surface area contributed by atoms with Crippen LogP contribution in [0.4, 0.5) is 0 Å². The second-order valence-corrected chi connectivity index (χ2v) is 4.60. The van der Waals surface area contributed by atoms with Gasteiger partial charge in [-0.1, -0.05) is 18.2 Å². The van der Waals surface area contributed by atoms with E-state index in [1.54, 1.807) is 19.2 Å². The zero-order chi connectivity index (χ0) is 13.7. The minimum Gasteiger partial charge on any atom is -0.496 e. The van der Waals surface area contributed by atoms with Crippen molar-refractivity contribution in [2.75, 3.05) is 7.11 Å². The van der Waals surface area contributed by atoms with E-state index in [2.05, 4.69) is 12.1 Å². The second kappa shape index (κ2) is 5.86. The highest BCUT2D eigenvalue weighted by Gasteiger charge is 2.15. The van der Waals surface area contributed by atoms with Crippen molar-refractivity contribution in [1.29, 1.82) is 10.5 Å². The van der Waals surface area contributed by atoms with Gasteiger partial charge >= 0.3 is 0 Å². The topological polar surface area (TPSA) is 56.8 Å². The van der Waals surface area contributed by atoms with E-state index in [9.17, 15) is 10.5 Å². The molecule has 0 radical (unpaired) electrons. The molecule has 0 amide bonds. The highest BCUT2D eigenvalue weighted by molar-refractivity contribution is 7.11. The predicted octanol–water partition coefficient (Wildman–Crippen LogP) is 3.71. The Bertz CT molecular complexity index is 688. The number of para-hydroxylation sites is 1. The number of rotatable bonds is 3. The predicted molar refractivity (Wildman–Crippen MR) is 75.4 cm³/mol. The fraction of sp³-hybridized carbons (Fsp3) is 0.0667. The summed E-state index contributed by atoms with van der Waals surface area (Å²) in [6, 6.07) is 15.1. The van der Waals surface area contributed by atoms with Crippen molar-refractivity contribution in [3.05, 3.63) is 52.2 Å². The second-order valence-electron chi connectivity index (χ2n) is 3.65. The molecule has 1 aromatic carbocycles. The first-order valence-electron chi connectivity index (χ1n) is 5.53. The molecule has 0 bridgehead atoms. The number of ether oxygens (including phenoxy) is 1. The number of thiophene rings is 1. The molecule has 0 aliphatic carbocycles. The van der Waals surface area contributed by atoms with Gasteiger partial charge < -0.3 is 4.74 Å². The van der Waals surface area contributed by atoms with Crippen LogP contribution in [0.3, 0.4) is 0 Å². The van der Waals surface area contributed by atoms with E-state index in [-0.39, 0.29) is 0 Å². The lowest BCUT2D eigenvalue weighted by Gasteiger charge is -2.08. The third-order valence-corrected chi connectivity index (χ3v) is 3.50. The number of methoxy groups -OCH3 is 1. The summed E-state index contributed by atoms with van der Waals surface area (Å²) in [5.74, 6) is 0.586. The van der Waals surface area contributed by atoms with Crippen LogP contribution in [0, 0.1) is 22.7 Å². The lowest BCUT2D eigenvalue weighted by atomic mass is 10.00. The van der Waals surface area contributed by atoms with E-state index in [1.165, 1.54) is 11.3 Å². The van der Waals surface area contributed by atoms with Gasteiger partial charge in [-0.05, 0) is 23.6 Å². The van der Waals surface area contributed by atoms with Crippen LogP contribution in [-0.2, 0) is 0 Å². The highest BCUT2D eigenvalue weighted by Crippen LogP contribution is 2.32. The third kappa shape index (κ3) is 2.49. The minimum atomic E-state index is 0.336. The molecule has 4 heteroatoms. The van der Waals surface area contributed by atoms with Crippen LogP contribution < -0.4 is 4.74 Å². The number of nitriles is 2. The van der Waals surface area contributed by atoms with Gasteiger partial charge in [0, 0.05) is 10.4 Å². The molecule has 0 N–H and O–H groups in total. The van der Waals surface area contributed by atoms with Crippen molar-refractivity contribution in [2.45, 2.75) is 0 Å². The maximum absolute atomic E-state index is 9.39. The van der Waals surface area contributed by atoms with Crippen LogP contribution in [0.25, 0.3) is 11.1 Å². The van der Waals surface area contributed by atoms with Crippen molar-refractivity contribution in [3.8, 4) is 17.9 Å². The van der Waals surface area contributed by atoms with Gasteiger partial charge in [-0.3, -0.25) is 0 Å². The maximum Gasteiger partial charge on any atom is 0.127 e. The van der Waals surface area contributed by atoms with Crippen LogP contribution in [0.2, 0.25) is 0 Å². The number of hydrogen-bond acceptors (Lipinski definition) is 4. The van der Waals surface area contributed by atoms with Gasteiger partial charge in [0.15, 0.2) is 0 Å². The van der Waals surface area contributed by atoms with Gasteiger partial charge in [0.05, 0.1) is 18.3 Å². The zero-order valence-electron chi connectivity index (χ0n) is 10.3. The van der Waals surface area contributed by atoms with Crippen molar-refractivity contribution in [3.63, 3.8) is 0 Å².